The van der Waals surface area contributed by atoms with Crippen LogP contribution >= 0.6 is 23.2 Å². The van der Waals surface area contributed by atoms with E-state index in [4.69, 9.17) is 37.6 Å². The molecule has 0 spiro atoms. The van der Waals surface area contributed by atoms with Gasteiger partial charge in [0, 0.05) is 24.1 Å². The number of carboxylic acid groups (broad SMARTS) is 1. The van der Waals surface area contributed by atoms with Crippen LogP contribution in [-0.4, -0.2) is 21.2 Å². The molecule has 24 heavy (non-hydrogen) atoms. The van der Waals surface area contributed by atoms with Gasteiger partial charge in [-0.25, -0.2) is 0 Å². The zero-order valence-electron chi connectivity index (χ0n) is 12.3. The normalized spacial score (nSPS) is 10.9. The largest absolute Gasteiger partial charge is 0.486 e. The van der Waals surface area contributed by atoms with Crippen molar-refractivity contribution in [3.8, 4) is 5.75 Å². The molecule has 2 heterocycles. The molecule has 0 saturated heterocycles. The Morgan fingerprint density at radius 1 is 1.29 bits per heavy atom. The minimum atomic E-state index is -0.896. The number of nitrogens with zero attached hydrogens (tertiary/aromatic N) is 2. The Kier molecular flexibility index (Phi) is 4.87. The Labute approximate surface area is 146 Å². The molecular weight excluding hydrogens is 355 g/mol. The van der Waals surface area contributed by atoms with E-state index in [9.17, 15) is 4.79 Å². The summed E-state index contributed by atoms with van der Waals surface area (Å²) in [4.78, 5) is 14.8. The molecule has 0 bridgehead atoms. The fraction of sp³-hybridized carbons (Fsp3) is 0.188. The van der Waals surface area contributed by atoms with Crippen molar-refractivity contribution < 1.29 is 19.2 Å². The first-order valence-electron chi connectivity index (χ1n) is 7.06. The fourth-order valence-corrected chi connectivity index (χ4v) is 2.48. The number of halogens is 2. The average Bonchev–Trinajstić information content (AvgIpc) is 2.94. The molecule has 1 aromatic carbocycles. The first-order chi connectivity index (χ1) is 11.5. The van der Waals surface area contributed by atoms with Crippen molar-refractivity contribution in [1.29, 1.82) is 0 Å². The monoisotopic (exact) mass is 366 g/mol. The Balaban J connectivity index is 1.78. The number of aliphatic carboxylic acids is 1. The van der Waals surface area contributed by atoms with Crippen LogP contribution in [0.15, 0.2) is 35.0 Å². The highest BCUT2D eigenvalue weighted by atomic mass is 35.5. The van der Waals surface area contributed by atoms with Gasteiger partial charge >= 0.3 is 5.97 Å². The summed E-state index contributed by atoms with van der Waals surface area (Å²) in [5, 5.41) is 14.3. The quantitative estimate of drug-likeness (QED) is 0.705. The van der Waals surface area contributed by atoms with Crippen molar-refractivity contribution in [2.75, 3.05) is 0 Å². The maximum atomic E-state index is 10.7. The molecule has 0 saturated carbocycles. The second-order valence-electron chi connectivity index (χ2n) is 5.06. The van der Waals surface area contributed by atoms with Gasteiger partial charge in [-0.05, 0) is 18.2 Å². The SMILES string of the molecule is O=C(O)CCc1noc2cc(OCc3ccc(Cl)cn3)c(Cl)cc12. The van der Waals surface area contributed by atoms with E-state index in [0.717, 1.165) is 0 Å². The van der Waals surface area contributed by atoms with Gasteiger partial charge in [0.05, 0.1) is 27.9 Å². The number of hydrogen-bond acceptors (Lipinski definition) is 5. The van der Waals surface area contributed by atoms with Crippen molar-refractivity contribution >= 4 is 40.1 Å². The van der Waals surface area contributed by atoms with Gasteiger partial charge in [-0.3, -0.25) is 9.78 Å². The lowest BCUT2D eigenvalue weighted by atomic mass is 10.1. The molecule has 3 aromatic rings. The van der Waals surface area contributed by atoms with Crippen LogP contribution in [0.4, 0.5) is 0 Å². The lowest BCUT2D eigenvalue weighted by molar-refractivity contribution is -0.136. The van der Waals surface area contributed by atoms with E-state index in [1.807, 2.05) is 0 Å². The minimum Gasteiger partial charge on any atom is -0.486 e. The summed E-state index contributed by atoms with van der Waals surface area (Å²) in [6, 6.07) is 6.77. The van der Waals surface area contributed by atoms with E-state index in [1.54, 1.807) is 24.3 Å². The number of fused-ring (bicyclic) bond motifs is 1. The number of carbonyl (C=O) groups is 1. The Hall–Kier alpha value is -2.31. The summed E-state index contributed by atoms with van der Waals surface area (Å²) in [7, 11) is 0. The van der Waals surface area contributed by atoms with E-state index < -0.39 is 5.97 Å². The molecule has 0 radical (unpaired) electrons. The summed E-state index contributed by atoms with van der Waals surface area (Å²) >= 11 is 12.0. The first-order valence-corrected chi connectivity index (χ1v) is 7.81. The summed E-state index contributed by atoms with van der Waals surface area (Å²) in [6.45, 7) is 0.225. The summed E-state index contributed by atoms with van der Waals surface area (Å²) < 4.78 is 10.9. The van der Waals surface area contributed by atoms with Crippen LogP contribution in [-0.2, 0) is 17.8 Å². The number of rotatable bonds is 6. The minimum absolute atomic E-state index is 0.0280. The number of aryl methyl sites for hydroxylation is 1. The van der Waals surface area contributed by atoms with E-state index in [0.29, 0.717) is 38.2 Å². The second kappa shape index (κ2) is 7.07. The molecule has 1 N–H and O–H groups in total. The van der Waals surface area contributed by atoms with Crippen LogP contribution in [0.25, 0.3) is 11.0 Å². The van der Waals surface area contributed by atoms with Gasteiger partial charge in [0.1, 0.15) is 12.4 Å². The molecular formula is C16H12Cl2N2O4. The first kappa shape index (κ1) is 16.5. The van der Waals surface area contributed by atoms with Crippen molar-refractivity contribution in [2.45, 2.75) is 19.4 Å². The third kappa shape index (κ3) is 3.77. The Bertz CT molecular complexity index is 878. The van der Waals surface area contributed by atoms with E-state index in [2.05, 4.69) is 10.1 Å². The van der Waals surface area contributed by atoms with E-state index in [1.165, 1.54) is 6.20 Å². The van der Waals surface area contributed by atoms with Gasteiger partial charge in [-0.15, -0.1) is 0 Å². The Morgan fingerprint density at radius 2 is 2.12 bits per heavy atom. The van der Waals surface area contributed by atoms with Gasteiger partial charge in [0.2, 0.25) is 0 Å². The van der Waals surface area contributed by atoms with Crippen LogP contribution in [0.2, 0.25) is 10.0 Å². The third-order valence-corrected chi connectivity index (χ3v) is 3.86. The van der Waals surface area contributed by atoms with Crippen LogP contribution in [0.5, 0.6) is 5.75 Å². The van der Waals surface area contributed by atoms with Crippen LogP contribution in [0.1, 0.15) is 17.8 Å². The number of pyridine rings is 1. The van der Waals surface area contributed by atoms with Crippen LogP contribution < -0.4 is 4.74 Å². The van der Waals surface area contributed by atoms with E-state index in [-0.39, 0.29) is 19.4 Å². The molecule has 3 rings (SSSR count). The predicted molar refractivity (Wildman–Crippen MR) is 88.6 cm³/mol. The second-order valence-corrected chi connectivity index (χ2v) is 5.90. The standard InChI is InChI=1S/C16H12Cl2N2O4/c17-9-1-2-10(19-7-9)8-23-15-6-14-11(5-12(15)18)13(20-24-14)3-4-16(21)22/h1-2,5-7H,3-4,8H2,(H,21,22). The van der Waals surface area contributed by atoms with Gasteiger partial charge in [0.15, 0.2) is 5.58 Å². The van der Waals surface area contributed by atoms with E-state index >= 15 is 0 Å². The number of hydrogen-bond donors (Lipinski definition) is 1. The van der Waals surface area contributed by atoms with Crippen molar-refractivity contribution in [1.82, 2.24) is 10.1 Å². The van der Waals surface area contributed by atoms with Gasteiger partial charge in [-0.1, -0.05) is 28.4 Å². The average molecular weight is 367 g/mol. The zero-order valence-corrected chi connectivity index (χ0v) is 13.8. The van der Waals surface area contributed by atoms with Gasteiger partial charge < -0.3 is 14.4 Å². The molecule has 124 valence electrons. The lowest BCUT2D eigenvalue weighted by Crippen LogP contribution is -1.99. The number of carboxylic acids is 1. The molecule has 6 nitrogen and oxygen atoms in total. The number of ether oxygens (including phenoxy) is 1. The predicted octanol–water partition coefficient (Wildman–Crippen LogP) is 4.13. The molecule has 0 aliphatic rings. The molecule has 0 atom stereocenters. The van der Waals surface area contributed by atoms with Crippen molar-refractivity contribution in [2.24, 2.45) is 0 Å². The fourth-order valence-electron chi connectivity index (χ4n) is 2.15. The highest BCUT2D eigenvalue weighted by molar-refractivity contribution is 6.32. The number of benzene rings is 1. The molecule has 8 heteroatoms. The highest BCUT2D eigenvalue weighted by Crippen LogP contribution is 2.32. The molecule has 0 fully saturated rings. The maximum Gasteiger partial charge on any atom is 0.303 e. The molecule has 2 aromatic heterocycles. The molecule has 0 aliphatic carbocycles. The lowest BCUT2D eigenvalue weighted by Gasteiger charge is -2.07. The van der Waals surface area contributed by atoms with Gasteiger partial charge in [0.25, 0.3) is 0 Å². The molecule has 0 amide bonds. The van der Waals surface area contributed by atoms with Crippen LogP contribution in [0.3, 0.4) is 0 Å². The topological polar surface area (TPSA) is 85.5 Å². The molecule has 0 aliphatic heterocycles. The smallest absolute Gasteiger partial charge is 0.303 e. The maximum absolute atomic E-state index is 10.7. The summed E-state index contributed by atoms with van der Waals surface area (Å²) in [6.07, 6.45) is 1.78. The van der Waals surface area contributed by atoms with Crippen molar-refractivity contribution in [3.05, 3.63) is 51.9 Å². The Morgan fingerprint density at radius 3 is 2.83 bits per heavy atom. The third-order valence-electron chi connectivity index (χ3n) is 3.34. The highest BCUT2D eigenvalue weighted by Gasteiger charge is 2.14. The molecule has 0 unspecified atom stereocenters. The van der Waals surface area contributed by atoms with Gasteiger partial charge in [-0.2, -0.15) is 0 Å². The summed E-state index contributed by atoms with van der Waals surface area (Å²) in [5.74, 6) is -0.463. The number of aromatic nitrogens is 2. The zero-order chi connectivity index (χ0) is 17.1. The van der Waals surface area contributed by atoms with Crippen molar-refractivity contribution in [3.63, 3.8) is 0 Å². The summed E-state index contributed by atoms with van der Waals surface area (Å²) in [5.41, 5.74) is 1.74. The van der Waals surface area contributed by atoms with Crippen LogP contribution in [0, 0.1) is 0 Å².